The minimum absolute atomic E-state index is 0.0919. The number of para-hydroxylation sites is 1. The van der Waals surface area contributed by atoms with E-state index in [1.54, 1.807) is 13.2 Å². The molecule has 1 aliphatic carbocycles. The van der Waals surface area contributed by atoms with Crippen LogP contribution in [0.4, 0.5) is 5.69 Å². The molecule has 1 fully saturated rings. The van der Waals surface area contributed by atoms with E-state index < -0.39 is 0 Å². The number of nitrogen functional groups attached to an aromatic ring is 1. The Balaban J connectivity index is 1.99. The van der Waals surface area contributed by atoms with Gasteiger partial charge in [-0.25, -0.2) is 0 Å². The van der Waals surface area contributed by atoms with Crippen molar-refractivity contribution in [2.75, 3.05) is 12.8 Å². The number of nitrogens with two attached hydrogens (primary N) is 1. The number of hydrogen-bond acceptors (Lipinski definition) is 3. The highest BCUT2D eigenvalue weighted by Crippen LogP contribution is 2.24. The zero-order valence-corrected chi connectivity index (χ0v) is 10.2. The summed E-state index contributed by atoms with van der Waals surface area (Å²) in [4.78, 5) is 12.0. The van der Waals surface area contributed by atoms with Gasteiger partial charge < -0.3 is 15.8 Å². The lowest BCUT2D eigenvalue weighted by atomic mass is 9.89. The van der Waals surface area contributed by atoms with E-state index in [-0.39, 0.29) is 18.1 Å². The van der Waals surface area contributed by atoms with E-state index in [4.69, 9.17) is 10.5 Å². The van der Waals surface area contributed by atoms with Gasteiger partial charge in [-0.3, -0.25) is 4.79 Å². The molecule has 92 valence electrons. The second-order valence-electron chi connectivity index (χ2n) is 4.54. The van der Waals surface area contributed by atoms with Crippen LogP contribution in [0.1, 0.15) is 28.8 Å². The predicted octanol–water partition coefficient (Wildman–Crippen LogP) is 1.48. The molecule has 4 nitrogen and oxygen atoms in total. The normalized spacial score (nSPS) is 22.9. The minimum atomic E-state index is -0.0919. The molecule has 0 saturated heterocycles. The fourth-order valence-electron chi connectivity index (χ4n) is 2.02. The Labute approximate surface area is 101 Å². The third-order valence-corrected chi connectivity index (χ3v) is 3.33. The maximum Gasteiger partial charge on any atom is 0.253 e. The van der Waals surface area contributed by atoms with E-state index in [0.29, 0.717) is 11.3 Å². The van der Waals surface area contributed by atoms with Crippen molar-refractivity contribution in [2.45, 2.75) is 31.9 Å². The Morgan fingerprint density at radius 1 is 1.47 bits per heavy atom. The molecule has 0 aliphatic heterocycles. The fourth-order valence-corrected chi connectivity index (χ4v) is 2.02. The van der Waals surface area contributed by atoms with Crippen LogP contribution >= 0.6 is 0 Å². The molecule has 17 heavy (non-hydrogen) atoms. The van der Waals surface area contributed by atoms with E-state index in [0.717, 1.165) is 18.4 Å². The van der Waals surface area contributed by atoms with Crippen LogP contribution in [0.25, 0.3) is 0 Å². The Morgan fingerprint density at radius 3 is 2.82 bits per heavy atom. The quantitative estimate of drug-likeness (QED) is 0.779. The molecule has 3 N–H and O–H groups in total. The van der Waals surface area contributed by atoms with Crippen molar-refractivity contribution in [1.82, 2.24) is 5.32 Å². The Hall–Kier alpha value is -1.55. The largest absolute Gasteiger partial charge is 0.398 e. The van der Waals surface area contributed by atoms with Crippen molar-refractivity contribution in [3.05, 3.63) is 29.3 Å². The lowest BCUT2D eigenvalue weighted by molar-refractivity contribution is 0.0176. The van der Waals surface area contributed by atoms with Crippen LogP contribution in [0.2, 0.25) is 0 Å². The number of aryl methyl sites for hydroxylation is 1. The molecule has 0 spiro atoms. The minimum Gasteiger partial charge on any atom is -0.398 e. The first kappa shape index (κ1) is 11.9. The molecule has 1 aromatic carbocycles. The maximum atomic E-state index is 12.0. The number of benzene rings is 1. The summed E-state index contributed by atoms with van der Waals surface area (Å²) in [6, 6.07) is 5.72. The number of ether oxygens (including phenoxy) is 1. The van der Waals surface area contributed by atoms with Gasteiger partial charge in [-0.15, -0.1) is 0 Å². The first-order chi connectivity index (χ1) is 8.11. The zero-order valence-electron chi connectivity index (χ0n) is 10.2. The molecule has 0 bridgehead atoms. The van der Waals surface area contributed by atoms with Gasteiger partial charge in [-0.1, -0.05) is 12.1 Å². The zero-order chi connectivity index (χ0) is 12.4. The second-order valence-corrected chi connectivity index (χ2v) is 4.54. The van der Waals surface area contributed by atoms with Crippen LogP contribution in [-0.2, 0) is 4.74 Å². The molecule has 1 saturated carbocycles. The van der Waals surface area contributed by atoms with Crippen LogP contribution in [0.3, 0.4) is 0 Å². The second kappa shape index (κ2) is 4.75. The SMILES string of the molecule is COC1CC(NC(=O)c2cccc(C)c2N)C1. The molecule has 0 aromatic heterocycles. The first-order valence-electron chi connectivity index (χ1n) is 5.80. The summed E-state index contributed by atoms with van der Waals surface area (Å²) >= 11 is 0. The molecule has 0 heterocycles. The highest BCUT2D eigenvalue weighted by molar-refractivity contribution is 5.99. The van der Waals surface area contributed by atoms with Gasteiger partial charge in [0.05, 0.1) is 11.7 Å². The Kier molecular flexibility index (Phi) is 3.33. The van der Waals surface area contributed by atoms with Gasteiger partial charge >= 0.3 is 0 Å². The summed E-state index contributed by atoms with van der Waals surface area (Å²) < 4.78 is 5.17. The summed E-state index contributed by atoms with van der Waals surface area (Å²) in [5.74, 6) is -0.0919. The fraction of sp³-hybridized carbons (Fsp3) is 0.462. The average Bonchev–Trinajstić information content (AvgIpc) is 2.26. The van der Waals surface area contributed by atoms with Crippen LogP contribution in [0.15, 0.2) is 18.2 Å². The molecular weight excluding hydrogens is 216 g/mol. The smallest absolute Gasteiger partial charge is 0.253 e. The van der Waals surface area contributed by atoms with E-state index in [1.807, 2.05) is 19.1 Å². The summed E-state index contributed by atoms with van der Waals surface area (Å²) in [5, 5.41) is 2.97. The van der Waals surface area contributed by atoms with Gasteiger partial charge in [0, 0.05) is 18.8 Å². The number of amides is 1. The molecule has 0 atom stereocenters. The van der Waals surface area contributed by atoms with Crippen molar-refractivity contribution >= 4 is 11.6 Å². The van der Waals surface area contributed by atoms with Crippen LogP contribution < -0.4 is 11.1 Å². The number of hydrogen-bond donors (Lipinski definition) is 2. The highest BCUT2D eigenvalue weighted by atomic mass is 16.5. The Morgan fingerprint density at radius 2 is 2.18 bits per heavy atom. The first-order valence-corrected chi connectivity index (χ1v) is 5.80. The van der Waals surface area contributed by atoms with Gasteiger partial charge in [0.25, 0.3) is 5.91 Å². The molecular formula is C13H18N2O2. The molecule has 1 aliphatic rings. The van der Waals surface area contributed by atoms with Crippen molar-refractivity contribution < 1.29 is 9.53 Å². The summed E-state index contributed by atoms with van der Waals surface area (Å²) in [6.07, 6.45) is 2.05. The number of methoxy groups -OCH3 is 1. The summed E-state index contributed by atoms with van der Waals surface area (Å²) in [5.41, 5.74) is 7.94. The molecule has 0 unspecified atom stereocenters. The maximum absolute atomic E-state index is 12.0. The van der Waals surface area contributed by atoms with Gasteiger partial charge in [0.1, 0.15) is 0 Å². The molecule has 1 amide bonds. The van der Waals surface area contributed by atoms with Crippen LogP contribution in [0, 0.1) is 6.92 Å². The standard InChI is InChI=1S/C13H18N2O2/c1-8-4-3-5-11(12(8)14)13(16)15-9-6-10(7-9)17-2/h3-5,9-10H,6-7,14H2,1-2H3,(H,15,16). The van der Waals surface area contributed by atoms with E-state index in [2.05, 4.69) is 5.32 Å². The lowest BCUT2D eigenvalue weighted by Gasteiger charge is -2.34. The molecule has 0 radical (unpaired) electrons. The number of carbonyl (C=O) groups excluding carboxylic acids is 1. The third kappa shape index (κ3) is 2.42. The van der Waals surface area contributed by atoms with Gasteiger partial charge in [0.2, 0.25) is 0 Å². The highest BCUT2D eigenvalue weighted by Gasteiger charge is 2.30. The van der Waals surface area contributed by atoms with Gasteiger partial charge in [-0.05, 0) is 31.4 Å². The molecule has 2 rings (SSSR count). The third-order valence-electron chi connectivity index (χ3n) is 3.33. The van der Waals surface area contributed by atoms with Gasteiger partial charge in [0.15, 0.2) is 0 Å². The van der Waals surface area contributed by atoms with Crippen LogP contribution in [-0.4, -0.2) is 25.2 Å². The molecule has 4 heteroatoms. The number of anilines is 1. The van der Waals surface area contributed by atoms with Crippen LogP contribution in [0.5, 0.6) is 0 Å². The lowest BCUT2D eigenvalue weighted by Crippen LogP contribution is -2.47. The Bertz CT molecular complexity index is 425. The average molecular weight is 234 g/mol. The van der Waals surface area contributed by atoms with Crippen molar-refractivity contribution in [2.24, 2.45) is 0 Å². The summed E-state index contributed by atoms with van der Waals surface area (Å²) in [7, 11) is 1.70. The van der Waals surface area contributed by atoms with Crippen molar-refractivity contribution in [3.63, 3.8) is 0 Å². The predicted molar refractivity (Wildman–Crippen MR) is 66.9 cm³/mol. The summed E-state index contributed by atoms with van der Waals surface area (Å²) in [6.45, 7) is 1.90. The topological polar surface area (TPSA) is 64.3 Å². The monoisotopic (exact) mass is 234 g/mol. The van der Waals surface area contributed by atoms with E-state index in [9.17, 15) is 4.79 Å². The van der Waals surface area contributed by atoms with E-state index in [1.165, 1.54) is 0 Å². The van der Waals surface area contributed by atoms with Crippen molar-refractivity contribution in [1.29, 1.82) is 0 Å². The number of rotatable bonds is 3. The van der Waals surface area contributed by atoms with Crippen molar-refractivity contribution in [3.8, 4) is 0 Å². The number of carbonyl (C=O) groups is 1. The molecule has 1 aromatic rings. The number of nitrogens with one attached hydrogen (secondary N) is 1. The van der Waals surface area contributed by atoms with E-state index >= 15 is 0 Å². The van der Waals surface area contributed by atoms with Gasteiger partial charge in [-0.2, -0.15) is 0 Å².